The van der Waals surface area contributed by atoms with E-state index in [9.17, 15) is 12.8 Å². The smallest absolute Gasteiger partial charge is 0.240 e. The van der Waals surface area contributed by atoms with Crippen LogP contribution in [0.2, 0.25) is 0 Å². The highest BCUT2D eigenvalue weighted by molar-refractivity contribution is 7.89. The van der Waals surface area contributed by atoms with E-state index in [2.05, 4.69) is 30.9 Å². The standard InChI is InChI=1S/C32H31FN8O2S/c1-22(24-12-14-26(15-13-24)44(42,43)34-2)40-41-31-29(25-8-4-3-5-9-25)30(36-21-18-23-16-19-35-20-17-23)38-32(39-31)37-28-11-7-6-10-27(28)33/h3-17,19-20,34H,18,21H2,1-2H3,(H3,36,37,38,39,41). The molecule has 0 spiro atoms. The van der Waals surface area contributed by atoms with Crippen LogP contribution in [0, 0.1) is 5.82 Å². The number of rotatable bonds is 12. The van der Waals surface area contributed by atoms with Crippen molar-refractivity contribution in [3.05, 3.63) is 120 Å². The zero-order chi connectivity index (χ0) is 30.9. The third-order valence-electron chi connectivity index (χ3n) is 6.73. The van der Waals surface area contributed by atoms with Gasteiger partial charge in [-0.1, -0.05) is 54.6 Å². The molecule has 0 atom stereocenters. The summed E-state index contributed by atoms with van der Waals surface area (Å²) in [6.07, 6.45) is 4.22. The van der Waals surface area contributed by atoms with Crippen molar-refractivity contribution in [2.75, 3.05) is 29.7 Å². The van der Waals surface area contributed by atoms with Crippen molar-refractivity contribution in [2.24, 2.45) is 5.10 Å². The topological polar surface area (TPSA) is 133 Å². The first-order valence-electron chi connectivity index (χ1n) is 13.8. The predicted molar refractivity (Wildman–Crippen MR) is 172 cm³/mol. The first kappa shape index (κ1) is 30.3. The average Bonchev–Trinajstić information content (AvgIpc) is 3.05. The Kier molecular flexibility index (Phi) is 9.52. The molecule has 0 saturated carbocycles. The summed E-state index contributed by atoms with van der Waals surface area (Å²) in [4.78, 5) is 13.7. The fraction of sp³-hybridized carbons (Fsp3) is 0.125. The van der Waals surface area contributed by atoms with Crippen LogP contribution in [0.4, 0.5) is 27.7 Å². The fourth-order valence-corrected chi connectivity index (χ4v) is 5.09. The predicted octanol–water partition coefficient (Wildman–Crippen LogP) is 5.82. The summed E-state index contributed by atoms with van der Waals surface area (Å²) in [6, 6.07) is 26.2. The summed E-state index contributed by atoms with van der Waals surface area (Å²) < 4.78 is 41.1. The van der Waals surface area contributed by atoms with E-state index >= 15 is 0 Å². The molecule has 0 aliphatic rings. The van der Waals surface area contributed by atoms with Gasteiger partial charge < -0.3 is 10.6 Å². The van der Waals surface area contributed by atoms with Crippen LogP contribution in [0.15, 0.2) is 113 Å². The molecule has 0 unspecified atom stereocenters. The summed E-state index contributed by atoms with van der Waals surface area (Å²) in [5.74, 6) is 0.627. The third kappa shape index (κ3) is 7.41. The molecule has 2 heterocycles. The van der Waals surface area contributed by atoms with Crippen molar-refractivity contribution >= 4 is 39.0 Å². The average molecular weight is 611 g/mol. The van der Waals surface area contributed by atoms with Gasteiger partial charge in [0.1, 0.15) is 11.6 Å². The van der Waals surface area contributed by atoms with E-state index in [-0.39, 0.29) is 16.5 Å². The second-order valence-electron chi connectivity index (χ2n) is 9.66. The molecule has 4 N–H and O–H groups in total. The summed E-state index contributed by atoms with van der Waals surface area (Å²) >= 11 is 0. The number of aromatic nitrogens is 3. The molecule has 3 aromatic carbocycles. The van der Waals surface area contributed by atoms with E-state index in [1.807, 2.05) is 42.5 Å². The minimum atomic E-state index is -3.56. The Bertz CT molecular complexity index is 1850. The van der Waals surface area contributed by atoms with Gasteiger partial charge in [0.05, 0.1) is 21.9 Å². The maximum Gasteiger partial charge on any atom is 0.240 e. The SMILES string of the molecule is CNS(=O)(=O)c1ccc(C(C)=NNc2nc(Nc3ccccc3F)nc(NCCc3ccncc3)c2-c2ccccc2)cc1. The number of nitrogens with one attached hydrogen (secondary N) is 4. The maximum atomic E-state index is 14.6. The van der Waals surface area contributed by atoms with E-state index in [1.54, 1.807) is 49.6 Å². The van der Waals surface area contributed by atoms with E-state index < -0.39 is 15.8 Å². The van der Waals surface area contributed by atoms with Gasteiger partial charge in [-0.25, -0.2) is 17.5 Å². The van der Waals surface area contributed by atoms with Crippen molar-refractivity contribution < 1.29 is 12.8 Å². The second-order valence-corrected chi connectivity index (χ2v) is 11.6. The lowest BCUT2D eigenvalue weighted by atomic mass is 10.1. The number of para-hydroxylation sites is 1. The molecule has 44 heavy (non-hydrogen) atoms. The van der Waals surface area contributed by atoms with Gasteiger partial charge in [-0.15, -0.1) is 0 Å². The highest BCUT2D eigenvalue weighted by Gasteiger charge is 2.18. The molecule has 0 fully saturated rings. The summed E-state index contributed by atoms with van der Waals surface area (Å²) in [7, 11) is -2.20. The second kappa shape index (κ2) is 13.8. The Labute approximate surface area is 255 Å². The molecule has 0 aliphatic heterocycles. The molecule has 5 rings (SSSR count). The maximum absolute atomic E-state index is 14.6. The quantitative estimate of drug-likeness (QED) is 0.103. The van der Waals surface area contributed by atoms with Crippen LogP contribution in [-0.2, 0) is 16.4 Å². The molecule has 224 valence electrons. The Morgan fingerprint density at radius 1 is 0.864 bits per heavy atom. The number of hydrogen-bond acceptors (Lipinski definition) is 9. The number of hydrazone groups is 1. The molecule has 0 radical (unpaired) electrons. The van der Waals surface area contributed by atoms with Crippen LogP contribution in [-0.4, -0.2) is 42.7 Å². The van der Waals surface area contributed by atoms with Gasteiger partial charge in [-0.2, -0.15) is 15.1 Å². The number of pyridine rings is 1. The Morgan fingerprint density at radius 2 is 1.55 bits per heavy atom. The Balaban J connectivity index is 1.53. The van der Waals surface area contributed by atoms with Crippen molar-refractivity contribution in [2.45, 2.75) is 18.2 Å². The van der Waals surface area contributed by atoms with Gasteiger partial charge in [-0.05, 0) is 73.5 Å². The molecule has 0 amide bonds. The molecule has 0 aliphatic carbocycles. The largest absolute Gasteiger partial charge is 0.369 e. The normalized spacial score (nSPS) is 11.7. The summed E-state index contributed by atoms with van der Waals surface area (Å²) in [6.45, 7) is 2.36. The first-order valence-corrected chi connectivity index (χ1v) is 15.3. The van der Waals surface area contributed by atoms with E-state index in [1.165, 1.54) is 25.2 Å². The Morgan fingerprint density at radius 3 is 2.25 bits per heavy atom. The van der Waals surface area contributed by atoms with E-state index in [0.29, 0.717) is 35.0 Å². The van der Waals surface area contributed by atoms with Gasteiger partial charge in [0.25, 0.3) is 0 Å². The van der Waals surface area contributed by atoms with Crippen LogP contribution < -0.4 is 20.8 Å². The number of nitrogens with zero attached hydrogens (tertiary/aromatic N) is 4. The minimum absolute atomic E-state index is 0.151. The van der Waals surface area contributed by atoms with Crippen LogP contribution in [0.1, 0.15) is 18.1 Å². The number of anilines is 4. The zero-order valence-corrected chi connectivity index (χ0v) is 24.9. The zero-order valence-electron chi connectivity index (χ0n) is 24.1. The molecule has 2 aromatic heterocycles. The van der Waals surface area contributed by atoms with Crippen LogP contribution in [0.25, 0.3) is 11.1 Å². The molecule has 5 aromatic rings. The van der Waals surface area contributed by atoms with Crippen LogP contribution >= 0.6 is 0 Å². The molecule has 0 saturated heterocycles. The molecule has 12 heteroatoms. The van der Waals surface area contributed by atoms with E-state index in [4.69, 9.17) is 9.97 Å². The van der Waals surface area contributed by atoms with E-state index in [0.717, 1.165) is 17.5 Å². The molecule has 0 bridgehead atoms. The van der Waals surface area contributed by atoms with Gasteiger partial charge in [0.15, 0.2) is 5.82 Å². The molecular weight excluding hydrogens is 579 g/mol. The van der Waals surface area contributed by atoms with Crippen molar-refractivity contribution in [1.29, 1.82) is 0 Å². The van der Waals surface area contributed by atoms with Crippen molar-refractivity contribution in [3.8, 4) is 11.1 Å². The van der Waals surface area contributed by atoms with Gasteiger partial charge >= 0.3 is 0 Å². The summed E-state index contributed by atoms with van der Waals surface area (Å²) in [5.41, 5.74) is 7.23. The number of hydrogen-bond donors (Lipinski definition) is 4. The monoisotopic (exact) mass is 610 g/mol. The summed E-state index contributed by atoms with van der Waals surface area (Å²) in [5, 5.41) is 11.0. The lowest BCUT2D eigenvalue weighted by molar-refractivity contribution is 0.588. The number of benzene rings is 3. The highest BCUT2D eigenvalue weighted by Crippen LogP contribution is 2.35. The third-order valence-corrected chi connectivity index (χ3v) is 8.16. The molecule has 10 nitrogen and oxygen atoms in total. The number of halogens is 1. The lowest BCUT2D eigenvalue weighted by Gasteiger charge is -2.17. The molecular formula is C32H31FN8O2S. The fourth-order valence-electron chi connectivity index (χ4n) is 4.36. The van der Waals surface area contributed by atoms with Gasteiger partial charge in [0, 0.05) is 18.9 Å². The minimum Gasteiger partial charge on any atom is -0.369 e. The van der Waals surface area contributed by atoms with Crippen molar-refractivity contribution in [3.63, 3.8) is 0 Å². The highest BCUT2D eigenvalue weighted by atomic mass is 32.2. The lowest BCUT2D eigenvalue weighted by Crippen LogP contribution is -2.18. The van der Waals surface area contributed by atoms with Crippen molar-refractivity contribution in [1.82, 2.24) is 19.7 Å². The first-order chi connectivity index (χ1) is 21.3. The van der Waals surface area contributed by atoms with Gasteiger partial charge in [-0.3, -0.25) is 10.4 Å². The van der Waals surface area contributed by atoms with Gasteiger partial charge in [0.2, 0.25) is 16.0 Å². The Hall–Kier alpha value is -5.20. The van der Waals surface area contributed by atoms with Crippen LogP contribution in [0.5, 0.6) is 0 Å². The van der Waals surface area contributed by atoms with Crippen LogP contribution in [0.3, 0.4) is 0 Å². The number of sulfonamides is 1.